The van der Waals surface area contributed by atoms with Gasteiger partial charge in [-0.3, -0.25) is 5.32 Å². The zero-order chi connectivity index (χ0) is 19.9. The summed E-state index contributed by atoms with van der Waals surface area (Å²) in [5.41, 5.74) is 0. The summed E-state index contributed by atoms with van der Waals surface area (Å²) in [5.74, 6) is -0.0524. The predicted octanol–water partition coefficient (Wildman–Crippen LogP) is 0.119. The molecule has 0 fully saturated rings. The predicted molar refractivity (Wildman–Crippen MR) is 92.1 cm³/mol. The van der Waals surface area contributed by atoms with Crippen LogP contribution in [0.3, 0.4) is 0 Å². The zero-order valence-electron chi connectivity index (χ0n) is 14.8. The number of nitrogens with zero attached hydrogens (tertiary/aromatic N) is 4. The van der Waals surface area contributed by atoms with Crippen LogP contribution in [0.5, 0.6) is 11.9 Å². The van der Waals surface area contributed by atoms with Gasteiger partial charge in [0.15, 0.2) is 0 Å². The van der Waals surface area contributed by atoms with Gasteiger partial charge in [-0.2, -0.15) is 15.0 Å². The number of carbonyl (C=O) groups excluding carboxylic acids is 1. The highest BCUT2D eigenvalue weighted by atomic mass is 32.2. The molecule has 0 spiro atoms. The molecule has 0 aliphatic heterocycles. The number of methoxy groups -OCH3 is 2. The van der Waals surface area contributed by atoms with Crippen molar-refractivity contribution in [2.24, 2.45) is 0 Å². The summed E-state index contributed by atoms with van der Waals surface area (Å²) in [4.78, 5) is 27.2. The molecule has 0 saturated heterocycles. The number of nitrogens with one attached hydrogen (secondary N) is 2. The first-order chi connectivity index (χ1) is 12.9. The molecule has 0 radical (unpaired) electrons. The first-order valence-corrected chi connectivity index (χ1v) is 9.01. The molecule has 2 aromatic rings. The summed E-state index contributed by atoms with van der Waals surface area (Å²) in [5, 5.41) is 2.20. The zero-order valence-corrected chi connectivity index (χ0v) is 15.6. The van der Waals surface area contributed by atoms with Gasteiger partial charge in [0.1, 0.15) is 17.3 Å². The molecule has 2 aromatic heterocycles. The van der Waals surface area contributed by atoms with Gasteiger partial charge in [0.25, 0.3) is 10.0 Å². The van der Waals surface area contributed by atoms with Crippen molar-refractivity contribution in [2.75, 3.05) is 32.8 Å². The fourth-order valence-electron chi connectivity index (χ4n) is 1.82. The number of anilines is 1. The molecule has 2 N–H and O–H groups in total. The summed E-state index contributed by atoms with van der Waals surface area (Å²) in [6.07, 6.45) is 1.36. The molecule has 0 bridgehead atoms. The van der Waals surface area contributed by atoms with Crippen molar-refractivity contribution in [2.45, 2.75) is 11.8 Å². The number of urea groups is 1. The summed E-state index contributed by atoms with van der Waals surface area (Å²) in [6.45, 7) is 1.89. The van der Waals surface area contributed by atoms with Crippen molar-refractivity contribution in [1.82, 2.24) is 24.7 Å². The molecule has 0 saturated carbocycles. The Labute approximate surface area is 155 Å². The van der Waals surface area contributed by atoms with Crippen molar-refractivity contribution in [3.05, 3.63) is 24.2 Å². The number of aromatic nitrogens is 4. The van der Waals surface area contributed by atoms with Crippen molar-refractivity contribution < 1.29 is 27.4 Å². The van der Waals surface area contributed by atoms with Crippen LogP contribution in [0.25, 0.3) is 0 Å². The van der Waals surface area contributed by atoms with Crippen molar-refractivity contribution in [3.8, 4) is 11.9 Å². The number of sulfonamides is 1. The number of ether oxygens (including phenoxy) is 3. The highest BCUT2D eigenvalue weighted by molar-refractivity contribution is 7.90. The van der Waals surface area contributed by atoms with E-state index in [0.29, 0.717) is 0 Å². The van der Waals surface area contributed by atoms with Crippen molar-refractivity contribution >= 4 is 22.0 Å². The van der Waals surface area contributed by atoms with Gasteiger partial charge in [0, 0.05) is 13.3 Å². The highest BCUT2D eigenvalue weighted by Gasteiger charge is 2.23. The number of hydrogen-bond donors (Lipinski definition) is 2. The largest absolute Gasteiger partial charge is 0.474 e. The van der Waals surface area contributed by atoms with Gasteiger partial charge in [-0.1, -0.05) is 0 Å². The molecule has 2 amide bonds. The second-order valence-electron chi connectivity index (χ2n) is 4.90. The van der Waals surface area contributed by atoms with Gasteiger partial charge in [0.05, 0.1) is 13.7 Å². The number of hydrogen-bond acceptors (Lipinski definition) is 10. The van der Waals surface area contributed by atoms with Crippen LogP contribution in [0.2, 0.25) is 0 Å². The fourth-order valence-corrected chi connectivity index (χ4v) is 2.82. The first-order valence-electron chi connectivity index (χ1n) is 7.53. The molecule has 146 valence electrons. The van der Waals surface area contributed by atoms with Crippen LogP contribution in [0.15, 0.2) is 23.2 Å². The smallest absolute Gasteiger partial charge is 0.335 e. The molecular formula is C14H18N6O6S. The fraction of sp³-hybridized carbons (Fsp3) is 0.357. The van der Waals surface area contributed by atoms with E-state index in [1.165, 1.54) is 32.5 Å². The maximum absolute atomic E-state index is 12.5. The van der Waals surface area contributed by atoms with Crippen molar-refractivity contribution in [1.29, 1.82) is 0 Å². The first kappa shape index (κ1) is 20.3. The molecule has 0 aliphatic rings. The van der Waals surface area contributed by atoms with E-state index in [2.05, 4.69) is 25.3 Å². The van der Waals surface area contributed by atoms with E-state index in [9.17, 15) is 13.2 Å². The standard InChI is InChI=1S/C14H18N6O6S/c1-9-16-12(19-14(17-9)25-3)18-13(21)20-27(22,23)10-5-4-6-15-11(10)26-8-7-24-2/h4-6H,7-8H2,1-3H3,(H2,16,17,18,19,20,21). The van der Waals surface area contributed by atoms with E-state index in [-0.39, 0.29) is 41.8 Å². The van der Waals surface area contributed by atoms with Crippen LogP contribution in [0.1, 0.15) is 5.82 Å². The molecule has 2 rings (SSSR count). The maximum Gasteiger partial charge on any atom is 0.335 e. The van der Waals surface area contributed by atoms with E-state index in [1.807, 2.05) is 4.72 Å². The summed E-state index contributed by atoms with van der Waals surface area (Å²) in [6, 6.07) is 1.55. The Hall–Kier alpha value is -3.06. The van der Waals surface area contributed by atoms with Crippen LogP contribution < -0.4 is 19.5 Å². The average molecular weight is 398 g/mol. The van der Waals surface area contributed by atoms with Crippen molar-refractivity contribution in [3.63, 3.8) is 0 Å². The number of pyridine rings is 1. The topological polar surface area (TPSA) is 155 Å². The molecule has 0 aromatic carbocycles. The third-order valence-electron chi connectivity index (χ3n) is 2.91. The molecule has 0 atom stereocenters. The second kappa shape index (κ2) is 9.05. The third-order valence-corrected chi connectivity index (χ3v) is 4.26. The molecule has 27 heavy (non-hydrogen) atoms. The van der Waals surface area contributed by atoms with E-state index >= 15 is 0 Å². The highest BCUT2D eigenvalue weighted by Crippen LogP contribution is 2.20. The van der Waals surface area contributed by atoms with Crippen LogP contribution in [0, 0.1) is 6.92 Å². The van der Waals surface area contributed by atoms with E-state index in [4.69, 9.17) is 14.2 Å². The third kappa shape index (κ3) is 5.72. The second-order valence-corrected chi connectivity index (χ2v) is 6.55. The molecular weight excluding hydrogens is 380 g/mol. The minimum Gasteiger partial charge on any atom is -0.474 e. The Balaban J connectivity index is 2.14. The minimum absolute atomic E-state index is 0.0262. The van der Waals surface area contributed by atoms with Crippen LogP contribution in [-0.2, 0) is 14.8 Å². The van der Waals surface area contributed by atoms with Crippen LogP contribution >= 0.6 is 0 Å². The van der Waals surface area contributed by atoms with Gasteiger partial charge in [-0.05, 0) is 19.1 Å². The lowest BCUT2D eigenvalue weighted by atomic mass is 10.5. The Morgan fingerprint density at radius 2 is 1.96 bits per heavy atom. The van der Waals surface area contributed by atoms with Gasteiger partial charge in [0.2, 0.25) is 11.8 Å². The molecule has 12 nitrogen and oxygen atoms in total. The van der Waals surface area contributed by atoms with E-state index in [0.717, 1.165) is 0 Å². The molecule has 2 heterocycles. The van der Waals surface area contributed by atoms with Gasteiger partial charge in [-0.15, -0.1) is 0 Å². The Morgan fingerprint density at radius 3 is 2.67 bits per heavy atom. The lowest BCUT2D eigenvalue weighted by Crippen LogP contribution is -2.35. The van der Waals surface area contributed by atoms with E-state index < -0.39 is 16.1 Å². The normalized spacial score (nSPS) is 10.9. The molecule has 13 heteroatoms. The van der Waals surface area contributed by atoms with Crippen LogP contribution in [0.4, 0.5) is 10.7 Å². The maximum atomic E-state index is 12.5. The lowest BCUT2D eigenvalue weighted by molar-refractivity contribution is 0.142. The van der Waals surface area contributed by atoms with Crippen LogP contribution in [-0.4, -0.2) is 61.8 Å². The Kier molecular flexibility index (Phi) is 6.79. The quantitative estimate of drug-likeness (QED) is 0.586. The SMILES string of the molecule is COCCOc1ncccc1S(=O)(=O)NC(=O)Nc1nc(C)nc(OC)n1. The van der Waals surface area contributed by atoms with E-state index in [1.54, 1.807) is 6.92 Å². The lowest BCUT2D eigenvalue weighted by Gasteiger charge is -2.11. The van der Waals surface area contributed by atoms with Gasteiger partial charge in [-0.25, -0.2) is 22.9 Å². The summed E-state index contributed by atoms with van der Waals surface area (Å²) in [7, 11) is -1.45. The average Bonchev–Trinajstić information content (AvgIpc) is 2.61. The monoisotopic (exact) mass is 398 g/mol. The number of aryl methyl sites for hydroxylation is 1. The number of carbonyl (C=O) groups is 1. The molecule has 0 unspecified atom stereocenters. The van der Waals surface area contributed by atoms with Gasteiger partial charge >= 0.3 is 12.0 Å². The number of amides is 2. The minimum atomic E-state index is -4.27. The Morgan fingerprint density at radius 1 is 1.19 bits per heavy atom. The summed E-state index contributed by atoms with van der Waals surface area (Å²) >= 11 is 0. The number of rotatable bonds is 8. The Bertz CT molecular complexity index is 907. The van der Waals surface area contributed by atoms with Gasteiger partial charge < -0.3 is 14.2 Å². The molecule has 0 aliphatic carbocycles. The summed E-state index contributed by atoms with van der Waals surface area (Å²) < 4.78 is 41.8.